The van der Waals surface area contributed by atoms with Gasteiger partial charge in [-0.05, 0) is 109 Å². The van der Waals surface area contributed by atoms with Gasteiger partial charge < -0.3 is 9.64 Å². The molecule has 12 rings (SSSR count). The van der Waals surface area contributed by atoms with Crippen LogP contribution >= 0.6 is 11.8 Å². The van der Waals surface area contributed by atoms with Crippen LogP contribution in [-0.2, 0) is 5.41 Å². The van der Waals surface area contributed by atoms with Crippen LogP contribution in [0.3, 0.4) is 0 Å². The van der Waals surface area contributed by atoms with E-state index < -0.39 is 13.5 Å². The van der Waals surface area contributed by atoms with Crippen molar-refractivity contribution in [1.82, 2.24) is 0 Å². The van der Waals surface area contributed by atoms with Gasteiger partial charge in [0.1, 0.15) is 0 Å². The van der Waals surface area contributed by atoms with Gasteiger partial charge in [-0.1, -0.05) is 182 Å². The van der Waals surface area contributed by atoms with Crippen LogP contribution in [0.4, 0.5) is 17.1 Å². The van der Waals surface area contributed by atoms with Gasteiger partial charge in [0.15, 0.2) is 19.6 Å². The molecule has 3 aliphatic heterocycles. The molecule has 0 N–H and O–H groups in total. The van der Waals surface area contributed by atoms with Crippen molar-refractivity contribution in [2.24, 2.45) is 0 Å². The molecular weight excluding hydrogens is 751 g/mol. The second-order valence-corrected chi connectivity index (χ2v) is 20.4. The molecule has 0 aromatic heterocycles. The lowest BCUT2D eigenvalue weighted by Crippen LogP contribution is -2.79. The molecule has 9 aromatic carbocycles. The summed E-state index contributed by atoms with van der Waals surface area (Å²) in [5.41, 5.74) is 10.4. The Morgan fingerprint density at radius 2 is 0.864 bits per heavy atom. The van der Waals surface area contributed by atoms with Crippen molar-refractivity contribution in [3.63, 3.8) is 0 Å². The lowest BCUT2D eigenvalue weighted by atomic mass is 9.64. The third-order valence-electron chi connectivity index (χ3n) is 12.7. The minimum atomic E-state index is -2.80. The summed E-state index contributed by atoms with van der Waals surface area (Å²) in [6, 6.07) is 83.4. The molecule has 0 radical (unpaired) electrons. The molecule has 3 heterocycles. The van der Waals surface area contributed by atoms with Crippen LogP contribution in [0.5, 0.6) is 11.5 Å². The summed E-state index contributed by atoms with van der Waals surface area (Å²) in [5.74, 6) is 1.71. The summed E-state index contributed by atoms with van der Waals surface area (Å²) < 4.78 is 6.33. The normalized spacial score (nSPS) is 14.7. The standard InChI is InChI=1S/C55H37NOSSi/c1-3-17-41(18-4-1)59(42-19-5-2-6-20-42)53-29-15-8-22-44(53)55(45-23-9-16-30-54(45)59)43-21-7-14-28-51(43)58-52-36-33-39(37-46(52)55)38-31-34-40(35-32-38)56-47-24-10-12-26-49(47)57-50-27-13-11-25-48(50)56/h1-37H. The number of rotatable bonds is 4. The highest BCUT2D eigenvalue weighted by molar-refractivity contribution is 7.99. The van der Waals surface area contributed by atoms with Crippen LogP contribution in [0.2, 0.25) is 0 Å². The molecule has 9 aromatic rings. The zero-order chi connectivity index (χ0) is 39.0. The Bertz CT molecular complexity index is 2940. The predicted octanol–water partition coefficient (Wildman–Crippen LogP) is 11.5. The highest BCUT2D eigenvalue weighted by Crippen LogP contribution is 2.57. The van der Waals surface area contributed by atoms with E-state index in [9.17, 15) is 0 Å². The van der Waals surface area contributed by atoms with Gasteiger partial charge in [0, 0.05) is 15.5 Å². The average Bonchev–Trinajstić information content (AvgIpc) is 3.31. The van der Waals surface area contributed by atoms with Crippen molar-refractivity contribution in [2.45, 2.75) is 15.2 Å². The van der Waals surface area contributed by atoms with Gasteiger partial charge in [0.2, 0.25) is 0 Å². The largest absolute Gasteiger partial charge is 0.453 e. The summed E-state index contributed by atoms with van der Waals surface area (Å²) in [6.45, 7) is 0. The van der Waals surface area contributed by atoms with E-state index >= 15 is 0 Å². The Kier molecular flexibility index (Phi) is 7.74. The van der Waals surface area contributed by atoms with Crippen LogP contribution in [0, 0.1) is 0 Å². The lowest BCUT2D eigenvalue weighted by Gasteiger charge is -2.51. The zero-order valence-electron chi connectivity index (χ0n) is 32.1. The average molecular weight is 788 g/mol. The van der Waals surface area contributed by atoms with Crippen LogP contribution in [0.25, 0.3) is 11.1 Å². The molecule has 278 valence electrons. The molecule has 3 aliphatic rings. The van der Waals surface area contributed by atoms with E-state index in [-0.39, 0.29) is 0 Å². The maximum absolute atomic E-state index is 6.33. The quantitative estimate of drug-likeness (QED) is 0.165. The Balaban J connectivity index is 1.09. The van der Waals surface area contributed by atoms with E-state index in [0.717, 1.165) is 28.6 Å². The molecular formula is C55H37NOSSi. The molecule has 0 atom stereocenters. The molecule has 0 aliphatic carbocycles. The predicted molar refractivity (Wildman–Crippen MR) is 246 cm³/mol. The summed E-state index contributed by atoms with van der Waals surface area (Å²) >= 11 is 1.90. The van der Waals surface area contributed by atoms with Gasteiger partial charge in [0.05, 0.1) is 16.8 Å². The molecule has 0 bridgehead atoms. The van der Waals surface area contributed by atoms with Crippen molar-refractivity contribution in [3.8, 4) is 22.6 Å². The fourth-order valence-electron chi connectivity index (χ4n) is 10.3. The Morgan fingerprint density at radius 1 is 0.390 bits per heavy atom. The number of fused-ring (bicyclic) bond motifs is 10. The maximum Gasteiger partial charge on any atom is 0.180 e. The third kappa shape index (κ3) is 4.88. The Hall–Kier alpha value is -6.85. The number of hydrogen-bond acceptors (Lipinski definition) is 3. The zero-order valence-corrected chi connectivity index (χ0v) is 33.9. The lowest BCUT2D eigenvalue weighted by molar-refractivity contribution is 0.477. The van der Waals surface area contributed by atoms with E-state index in [2.05, 4.69) is 205 Å². The molecule has 0 unspecified atom stereocenters. The molecule has 2 nitrogen and oxygen atoms in total. The van der Waals surface area contributed by atoms with Crippen molar-refractivity contribution < 1.29 is 4.74 Å². The smallest absolute Gasteiger partial charge is 0.180 e. The van der Waals surface area contributed by atoms with E-state index in [0.29, 0.717) is 0 Å². The first-order chi connectivity index (χ1) is 29.3. The van der Waals surface area contributed by atoms with Crippen LogP contribution in [-0.4, -0.2) is 8.07 Å². The van der Waals surface area contributed by atoms with E-state index in [4.69, 9.17) is 4.74 Å². The first kappa shape index (κ1) is 34.2. The topological polar surface area (TPSA) is 12.5 Å². The summed E-state index contributed by atoms with van der Waals surface area (Å²) in [7, 11) is -2.80. The summed E-state index contributed by atoms with van der Waals surface area (Å²) in [4.78, 5) is 4.91. The maximum atomic E-state index is 6.33. The molecule has 59 heavy (non-hydrogen) atoms. The van der Waals surface area contributed by atoms with E-state index in [1.807, 2.05) is 36.0 Å². The monoisotopic (exact) mass is 787 g/mol. The molecule has 0 saturated heterocycles. The minimum Gasteiger partial charge on any atom is -0.453 e. The van der Waals surface area contributed by atoms with Crippen molar-refractivity contribution in [1.29, 1.82) is 0 Å². The number of anilines is 3. The van der Waals surface area contributed by atoms with Crippen molar-refractivity contribution in [3.05, 3.63) is 247 Å². The second-order valence-electron chi connectivity index (χ2n) is 15.6. The number of hydrogen-bond donors (Lipinski definition) is 0. The van der Waals surface area contributed by atoms with E-state index in [1.54, 1.807) is 0 Å². The van der Waals surface area contributed by atoms with Crippen molar-refractivity contribution in [2.75, 3.05) is 4.90 Å². The highest BCUT2D eigenvalue weighted by atomic mass is 32.2. The SMILES string of the molecule is c1ccc([Si]2(c3ccccc3)c3ccccc3C3(c4ccccc4Sc4ccc(-c5ccc(N6c7ccccc7Oc7ccccc76)cc5)cc43)c3ccccc32)cc1. The minimum absolute atomic E-state index is 0.540. The van der Waals surface area contributed by atoms with Gasteiger partial charge in [-0.2, -0.15) is 0 Å². The second kappa shape index (κ2) is 13.4. The first-order valence-corrected chi connectivity index (χ1v) is 23.1. The fraction of sp³-hybridized carbons (Fsp3) is 0.0182. The third-order valence-corrected chi connectivity index (χ3v) is 18.7. The van der Waals surface area contributed by atoms with Crippen molar-refractivity contribution >= 4 is 57.6 Å². The summed E-state index contributed by atoms with van der Waals surface area (Å²) in [6.07, 6.45) is 0. The molecule has 0 saturated carbocycles. The number of benzene rings is 9. The molecule has 4 heteroatoms. The van der Waals surface area contributed by atoms with Gasteiger partial charge in [-0.3, -0.25) is 0 Å². The molecule has 1 spiro atoms. The summed E-state index contributed by atoms with van der Waals surface area (Å²) in [5, 5.41) is 5.70. The van der Waals surface area contributed by atoms with Gasteiger partial charge in [0.25, 0.3) is 0 Å². The Morgan fingerprint density at radius 3 is 1.47 bits per heavy atom. The van der Waals surface area contributed by atoms with Gasteiger partial charge >= 0.3 is 0 Å². The number of ether oxygens (including phenoxy) is 1. The van der Waals surface area contributed by atoms with E-state index in [1.165, 1.54) is 63.9 Å². The number of nitrogens with zero attached hydrogens (tertiary/aromatic N) is 1. The van der Waals surface area contributed by atoms with Crippen LogP contribution in [0.15, 0.2) is 234 Å². The Labute approximate surface area is 350 Å². The first-order valence-electron chi connectivity index (χ1n) is 20.3. The molecule has 0 amide bonds. The van der Waals surface area contributed by atoms with Crippen LogP contribution in [0.1, 0.15) is 22.3 Å². The van der Waals surface area contributed by atoms with Gasteiger partial charge in [-0.25, -0.2) is 0 Å². The fourth-order valence-corrected chi connectivity index (χ4v) is 16.8. The number of para-hydroxylation sites is 4. The van der Waals surface area contributed by atoms with Gasteiger partial charge in [-0.15, -0.1) is 0 Å². The highest BCUT2D eigenvalue weighted by Gasteiger charge is 2.57. The molecule has 0 fully saturated rings. The van der Waals surface area contributed by atoms with Crippen LogP contribution < -0.4 is 30.4 Å².